The number of benzene rings is 1. The number of fused-ring (bicyclic) bond motifs is 7. The lowest BCUT2D eigenvalue weighted by Gasteiger charge is -2.48. The number of rotatable bonds is 26. The van der Waals surface area contributed by atoms with Crippen LogP contribution in [0.3, 0.4) is 0 Å². The number of amides is 7. The maximum Gasteiger partial charge on any atom is 0.472 e. The van der Waals surface area contributed by atoms with Gasteiger partial charge in [0.1, 0.15) is 18.3 Å². The zero-order chi connectivity index (χ0) is 66.7. The van der Waals surface area contributed by atoms with Crippen molar-refractivity contribution in [3.63, 3.8) is 0 Å². The molecule has 1 aromatic carbocycles. The number of hydrogen-bond acceptors (Lipinski definition) is 18. The van der Waals surface area contributed by atoms with E-state index in [0.29, 0.717) is 56.4 Å². The second-order valence-corrected chi connectivity index (χ2v) is 28.4. The van der Waals surface area contributed by atoms with Gasteiger partial charge in [0, 0.05) is 131 Å². The summed E-state index contributed by atoms with van der Waals surface area (Å²) in [5, 5.41) is 28.2. The second-order valence-electron chi connectivity index (χ2n) is 27.1. The largest absolute Gasteiger partial charge is 0.472 e. The Hall–Kier alpha value is -7.00. The molecular formula is C62H90N13O14P. The Morgan fingerprint density at radius 3 is 1.99 bits per heavy atom. The minimum atomic E-state index is -5.07. The first kappa shape index (κ1) is 68.9. The molecule has 0 spiro atoms. The van der Waals surface area contributed by atoms with Crippen molar-refractivity contribution < 1.29 is 67.0 Å². The summed E-state index contributed by atoms with van der Waals surface area (Å²) in [7, 11) is -5.07. The van der Waals surface area contributed by atoms with E-state index in [1.54, 1.807) is 4.57 Å². The van der Waals surface area contributed by atoms with Gasteiger partial charge in [-0.05, 0) is 108 Å². The number of carbonyl (C=O) groups is 7. The fourth-order valence-electron chi connectivity index (χ4n) is 15.4. The fraction of sp³-hybridized carbons (Fsp3) is 0.629. The Bertz CT molecular complexity index is 3540. The van der Waals surface area contributed by atoms with E-state index in [4.69, 9.17) is 63.2 Å². The highest BCUT2D eigenvalue weighted by molar-refractivity contribution is 7.47. The first-order valence-electron chi connectivity index (χ1n) is 30.6. The highest BCUT2D eigenvalue weighted by Crippen LogP contribution is 2.63. The van der Waals surface area contributed by atoms with Gasteiger partial charge in [-0.2, -0.15) is 0 Å². The topological polar surface area (TPSA) is 460 Å². The summed E-state index contributed by atoms with van der Waals surface area (Å²) in [5.41, 5.74) is 37.4. The van der Waals surface area contributed by atoms with E-state index in [1.807, 2.05) is 87.4 Å². The van der Waals surface area contributed by atoms with Gasteiger partial charge in [-0.1, -0.05) is 34.6 Å². The van der Waals surface area contributed by atoms with Crippen LogP contribution >= 0.6 is 7.82 Å². The first-order valence-corrected chi connectivity index (χ1v) is 32.1. The number of aliphatic imine (C=N–C) groups is 3. The lowest BCUT2D eigenvalue weighted by molar-refractivity contribution is -0.124. The standard InChI is InChI=1S/C62H90N13O14P/c1-29-20-39-40(21-30(29)2)75(28-70-39)57-52(84)53(41(27-76)87-57)89-90(85,86)88-31(3)26-69-49(83)18-19-59(8)37(22-46(66)80)56-62(11)61(10,25-48(68)82)36(14-17-45(65)79)51(74-62)33(5)55-60(9,24-47(67)81)34(12-15-43(63)77)38(71-55)23-42-58(6,7)35(13-16-44(64)78)50(72-42)32(4)54(59)73-56/h20-21,23,28,31,34-37,41,52-53,56-57,71,76,84H,12-19,22,24-27H2,1-11H3,(H2,63,77)(H2,64,78)(H2,65,79)(H2,66,80)(H2,67,81)(H2,68,82)(H,69,83)(H,85,86)/b38-23-,50-32-,55-33-/t31?,34-,35-,36-,37+,41-,52-,53-,56?,57+,59-,60+,61+,62+/m1/s1. The van der Waals surface area contributed by atoms with Crippen LogP contribution in [-0.2, 0) is 51.9 Å². The summed E-state index contributed by atoms with van der Waals surface area (Å²) in [4.78, 5) is 126. The van der Waals surface area contributed by atoms with E-state index in [-0.39, 0.29) is 77.2 Å². The fourth-order valence-corrected chi connectivity index (χ4v) is 16.6. The molecule has 8 bridgehead atoms. The molecular weight excluding hydrogens is 1180 g/mol. The van der Waals surface area contributed by atoms with Gasteiger partial charge in [0.2, 0.25) is 41.4 Å². The molecule has 8 rings (SSSR count). The number of carbonyl (C=O) groups excluding carboxylic acids is 7. The van der Waals surface area contributed by atoms with Crippen molar-refractivity contribution >= 4 is 77.3 Å². The van der Waals surface area contributed by atoms with Crippen LogP contribution in [0, 0.1) is 59.2 Å². The number of nitrogens with one attached hydrogen (secondary N) is 2. The van der Waals surface area contributed by atoms with Crippen LogP contribution in [0.4, 0.5) is 0 Å². The summed E-state index contributed by atoms with van der Waals surface area (Å²) < 4.78 is 32.3. The van der Waals surface area contributed by atoms with Crippen molar-refractivity contribution in [1.82, 2.24) is 20.2 Å². The molecule has 7 heterocycles. The molecule has 3 unspecified atom stereocenters. The minimum Gasteiger partial charge on any atom is -0.394 e. The number of nitrogens with two attached hydrogens (primary N) is 6. The summed E-state index contributed by atoms with van der Waals surface area (Å²) >= 11 is 0. The van der Waals surface area contributed by atoms with Gasteiger partial charge >= 0.3 is 7.82 Å². The molecule has 90 heavy (non-hydrogen) atoms. The number of aliphatic hydroxyl groups is 2. The van der Waals surface area contributed by atoms with Gasteiger partial charge in [-0.3, -0.25) is 57.6 Å². The molecule has 1 aromatic heterocycles. The summed E-state index contributed by atoms with van der Waals surface area (Å²) in [6.07, 6.45) is -4.26. The molecule has 0 saturated carbocycles. The SMILES string of the molecule is C/C1=C2N=C(/C=C3\N/C(=C(/C)C4=N[C@@](C)(C5N=C1[C@](C)(CCC(=O)NCC(C)OP(=O)(O)O[C@H]1[C@@H](O)[C@@H](n6cnc7cc(C)c(C)cc76)O[C@@H]1CO)[C@H]5CC(N)=O)[C@@](C)(CC(N)=O)[C@@H]4CCC(N)=O)[C@@](C)(CC(N)=O)[C@@H]3CCC(N)=O)C(C)(C)[C@@H]/2CCC(N)=O. The van der Waals surface area contributed by atoms with E-state index in [1.165, 1.54) is 13.3 Å². The number of allylic oxidation sites excluding steroid dienone is 6. The van der Waals surface area contributed by atoms with E-state index < -0.39 is 143 Å². The third-order valence-corrected chi connectivity index (χ3v) is 21.7. The zero-order valence-electron chi connectivity index (χ0n) is 53.3. The van der Waals surface area contributed by atoms with Crippen molar-refractivity contribution in [1.29, 1.82) is 0 Å². The Balaban J connectivity index is 1.19. The zero-order valence-corrected chi connectivity index (χ0v) is 54.1. The highest BCUT2D eigenvalue weighted by atomic mass is 31.2. The molecule has 27 nitrogen and oxygen atoms in total. The Morgan fingerprint density at radius 1 is 0.800 bits per heavy atom. The van der Waals surface area contributed by atoms with Crippen molar-refractivity contribution in [3.05, 3.63) is 63.9 Å². The monoisotopic (exact) mass is 1270 g/mol. The third kappa shape index (κ3) is 13.0. The van der Waals surface area contributed by atoms with Crippen molar-refractivity contribution in [2.45, 2.75) is 189 Å². The minimum absolute atomic E-state index is 0.0114. The molecule has 6 aliphatic rings. The molecule has 2 saturated heterocycles. The molecule has 15 atom stereocenters. The van der Waals surface area contributed by atoms with Crippen LogP contribution < -0.4 is 45.0 Å². The number of aliphatic hydroxyl groups excluding tert-OH is 2. The van der Waals surface area contributed by atoms with Gasteiger partial charge in [-0.25, -0.2) is 9.55 Å². The summed E-state index contributed by atoms with van der Waals surface area (Å²) in [5.74, 6) is -7.18. The molecule has 0 aliphatic carbocycles. The number of ether oxygens (including phenoxy) is 1. The lowest BCUT2D eigenvalue weighted by atomic mass is 9.55. The molecule has 2 aromatic rings. The quantitative estimate of drug-likeness (QED) is 0.0603. The molecule has 17 N–H and O–H groups in total. The number of nitrogens with zero attached hydrogens (tertiary/aromatic N) is 5. The molecule has 0 radical (unpaired) electrons. The smallest absolute Gasteiger partial charge is 0.394 e. The van der Waals surface area contributed by atoms with E-state index in [9.17, 15) is 53.2 Å². The van der Waals surface area contributed by atoms with Crippen LogP contribution in [0.15, 0.2) is 67.8 Å². The van der Waals surface area contributed by atoms with E-state index in [0.717, 1.165) is 11.1 Å². The van der Waals surface area contributed by atoms with Gasteiger partial charge in [0.15, 0.2) is 6.23 Å². The molecule has 2 fully saturated rings. The normalized spacial score (nSPS) is 34.2. The second kappa shape index (κ2) is 25.6. The summed E-state index contributed by atoms with van der Waals surface area (Å²) in [6, 6.07) is 2.70. The highest BCUT2D eigenvalue weighted by Gasteiger charge is 2.66. The molecule has 6 aliphatic heterocycles. The number of aryl methyl sites for hydroxylation is 2. The van der Waals surface area contributed by atoms with Crippen LogP contribution in [0.5, 0.6) is 0 Å². The summed E-state index contributed by atoms with van der Waals surface area (Å²) in [6.45, 7) is 19.3. The molecule has 28 heteroatoms. The van der Waals surface area contributed by atoms with Crippen molar-refractivity contribution in [2.75, 3.05) is 13.2 Å². The van der Waals surface area contributed by atoms with Crippen LogP contribution in [0.1, 0.15) is 150 Å². The van der Waals surface area contributed by atoms with E-state index >= 15 is 0 Å². The van der Waals surface area contributed by atoms with Crippen LogP contribution in [0.25, 0.3) is 11.0 Å². The first-order chi connectivity index (χ1) is 41.8. The molecule has 7 amide bonds. The average molecular weight is 1270 g/mol. The van der Waals surface area contributed by atoms with E-state index in [2.05, 4.69) is 15.6 Å². The van der Waals surface area contributed by atoms with Gasteiger partial charge < -0.3 is 69.4 Å². The Labute approximate surface area is 523 Å². The number of imidazole rings is 1. The van der Waals surface area contributed by atoms with Gasteiger partial charge in [0.25, 0.3) is 0 Å². The molecule has 492 valence electrons. The number of hydrogen-bond donors (Lipinski definition) is 11. The van der Waals surface area contributed by atoms with Gasteiger partial charge in [0.05, 0.1) is 41.7 Å². The maximum atomic E-state index is 14.4. The average Bonchev–Trinajstić information content (AvgIpc) is 1.53. The number of phosphoric acid groups is 1. The predicted molar refractivity (Wildman–Crippen MR) is 334 cm³/mol. The number of phosphoric ester groups is 1. The predicted octanol–water partition coefficient (Wildman–Crippen LogP) is 3.16. The van der Waals surface area contributed by atoms with Crippen LogP contribution in [0.2, 0.25) is 0 Å². The number of primary amides is 6. The van der Waals surface area contributed by atoms with Crippen molar-refractivity contribution in [2.24, 2.45) is 94.7 Å². The number of aromatic nitrogens is 2. The maximum absolute atomic E-state index is 14.4. The Morgan fingerprint density at radius 2 is 1.40 bits per heavy atom. The lowest BCUT2D eigenvalue weighted by Crippen LogP contribution is -2.56. The Kier molecular flexibility index (Phi) is 19.6. The third-order valence-electron chi connectivity index (χ3n) is 20.6. The van der Waals surface area contributed by atoms with Crippen molar-refractivity contribution in [3.8, 4) is 0 Å². The van der Waals surface area contributed by atoms with Crippen LogP contribution in [-0.4, -0.2) is 132 Å². The van der Waals surface area contributed by atoms with Gasteiger partial charge in [-0.15, -0.1) is 0 Å².